The monoisotopic (exact) mass is 311 g/mol. The molecule has 0 radical (unpaired) electrons. The first-order valence-electron chi connectivity index (χ1n) is 7.33. The molecule has 2 N–H and O–H groups in total. The number of rotatable bonds is 3. The van der Waals surface area contributed by atoms with Crippen LogP contribution in [0.4, 0.5) is 16.2 Å². The number of benzene rings is 2. The van der Waals surface area contributed by atoms with Crippen LogP contribution in [0, 0.1) is 0 Å². The van der Waals surface area contributed by atoms with Crippen LogP contribution in [0.15, 0.2) is 57.7 Å². The molecule has 0 fully saturated rings. The Morgan fingerprint density at radius 2 is 1.74 bits per heavy atom. The van der Waals surface area contributed by atoms with E-state index < -0.39 is 5.76 Å². The average Bonchev–Trinajstić information content (AvgIpc) is 2.83. The van der Waals surface area contributed by atoms with Gasteiger partial charge in [0.2, 0.25) is 0 Å². The predicted molar refractivity (Wildman–Crippen MR) is 89.9 cm³/mol. The van der Waals surface area contributed by atoms with Crippen molar-refractivity contribution < 1.29 is 9.21 Å². The number of fused-ring (bicyclic) bond motifs is 1. The van der Waals surface area contributed by atoms with Gasteiger partial charge < -0.3 is 15.1 Å². The molecule has 0 aliphatic carbocycles. The van der Waals surface area contributed by atoms with Gasteiger partial charge in [-0.15, -0.1) is 0 Å². The summed E-state index contributed by atoms with van der Waals surface area (Å²) in [5, 5.41) is 5.44. The normalized spacial score (nSPS) is 10.9. The Bertz CT molecular complexity index is 894. The van der Waals surface area contributed by atoms with Crippen molar-refractivity contribution in [2.75, 3.05) is 10.6 Å². The molecule has 0 bridgehead atoms. The van der Waals surface area contributed by atoms with Crippen LogP contribution in [0.5, 0.6) is 0 Å². The minimum atomic E-state index is -0.402. The number of aromatic nitrogens is 1. The van der Waals surface area contributed by atoms with Crippen LogP contribution in [0.3, 0.4) is 0 Å². The summed E-state index contributed by atoms with van der Waals surface area (Å²) in [6.45, 7) is 3.83. The van der Waals surface area contributed by atoms with E-state index in [9.17, 15) is 9.59 Å². The van der Waals surface area contributed by atoms with Crippen molar-refractivity contribution in [3.63, 3.8) is 0 Å². The lowest BCUT2D eigenvalue weighted by atomic mass is 10.2. The Hall–Kier alpha value is -3.02. The maximum absolute atomic E-state index is 12.0. The van der Waals surface area contributed by atoms with E-state index in [4.69, 9.17) is 4.42 Å². The van der Waals surface area contributed by atoms with Crippen molar-refractivity contribution in [1.29, 1.82) is 0 Å². The third kappa shape index (κ3) is 3.11. The number of carbonyl (C=O) groups excluding carboxylic acids is 1. The Labute approximate surface area is 132 Å². The molecule has 118 valence electrons. The van der Waals surface area contributed by atoms with Crippen LogP contribution in [-0.2, 0) is 0 Å². The van der Waals surface area contributed by atoms with E-state index in [2.05, 4.69) is 10.6 Å². The van der Waals surface area contributed by atoms with Crippen LogP contribution >= 0.6 is 0 Å². The number of urea groups is 1. The highest BCUT2D eigenvalue weighted by atomic mass is 16.4. The second-order valence-electron chi connectivity index (χ2n) is 5.46. The molecule has 6 heteroatoms. The van der Waals surface area contributed by atoms with E-state index in [1.54, 1.807) is 34.9 Å². The molecular weight excluding hydrogens is 294 g/mol. The van der Waals surface area contributed by atoms with E-state index in [-0.39, 0.29) is 12.1 Å². The number of hydrogen-bond donors (Lipinski definition) is 2. The topological polar surface area (TPSA) is 76.3 Å². The van der Waals surface area contributed by atoms with Crippen LogP contribution in [0.2, 0.25) is 0 Å². The minimum Gasteiger partial charge on any atom is -0.408 e. The van der Waals surface area contributed by atoms with E-state index in [0.717, 1.165) is 0 Å². The third-order valence-corrected chi connectivity index (χ3v) is 3.42. The fourth-order valence-corrected chi connectivity index (χ4v) is 2.42. The lowest BCUT2D eigenvalue weighted by Gasteiger charge is -2.08. The summed E-state index contributed by atoms with van der Waals surface area (Å²) in [5.74, 6) is -0.402. The lowest BCUT2D eigenvalue weighted by Crippen LogP contribution is -2.19. The molecule has 0 aliphatic heterocycles. The van der Waals surface area contributed by atoms with Gasteiger partial charge in [-0.3, -0.25) is 4.57 Å². The maximum atomic E-state index is 12.0. The van der Waals surface area contributed by atoms with Gasteiger partial charge in [0, 0.05) is 23.5 Å². The molecule has 0 saturated carbocycles. The fourth-order valence-electron chi connectivity index (χ4n) is 2.42. The largest absolute Gasteiger partial charge is 0.420 e. The number of amides is 2. The Kier molecular flexibility index (Phi) is 3.89. The van der Waals surface area contributed by atoms with Gasteiger partial charge in [-0.2, -0.15) is 0 Å². The van der Waals surface area contributed by atoms with Crippen molar-refractivity contribution in [3.8, 4) is 0 Å². The zero-order valence-electron chi connectivity index (χ0n) is 12.9. The van der Waals surface area contributed by atoms with E-state index in [1.807, 2.05) is 32.0 Å². The number of nitrogens with zero attached hydrogens (tertiary/aromatic N) is 1. The summed E-state index contributed by atoms with van der Waals surface area (Å²) in [5.41, 5.74) is 2.40. The van der Waals surface area contributed by atoms with Gasteiger partial charge in [0.15, 0.2) is 5.58 Å². The number of para-hydroxylation sites is 1. The van der Waals surface area contributed by atoms with Gasteiger partial charge in [-0.1, -0.05) is 18.2 Å². The molecule has 6 nitrogen and oxygen atoms in total. The minimum absolute atomic E-state index is 0.00365. The highest BCUT2D eigenvalue weighted by Gasteiger charge is 2.13. The number of oxazole rings is 1. The molecule has 0 aliphatic rings. The molecule has 0 unspecified atom stereocenters. The Morgan fingerprint density at radius 3 is 2.43 bits per heavy atom. The van der Waals surface area contributed by atoms with Gasteiger partial charge in [-0.05, 0) is 38.1 Å². The van der Waals surface area contributed by atoms with Gasteiger partial charge in [-0.25, -0.2) is 9.59 Å². The van der Waals surface area contributed by atoms with Crippen molar-refractivity contribution >= 4 is 28.5 Å². The van der Waals surface area contributed by atoms with E-state index in [1.165, 1.54) is 0 Å². The van der Waals surface area contributed by atoms with Crippen molar-refractivity contribution in [1.82, 2.24) is 4.57 Å². The quantitative estimate of drug-likeness (QED) is 0.772. The molecule has 3 aromatic rings. The van der Waals surface area contributed by atoms with Gasteiger partial charge in [0.1, 0.15) is 0 Å². The Balaban J connectivity index is 1.81. The molecule has 3 rings (SSSR count). The first-order chi connectivity index (χ1) is 11.0. The van der Waals surface area contributed by atoms with E-state index >= 15 is 0 Å². The first-order valence-corrected chi connectivity index (χ1v) is 7.33. The molecule has 0 atom stereocenters. The van der Waals surface area contributed by atoms with Crippen molar-refractivity contribution in [3.05, 3.63) is 59.1 Å². The van der Waals surface area contributed by atoms with Gasteiger partial charge in [0.25, 0.3) is 0 Å². The summed E-state index contributed by atoms with van der Waals surface area (Å²) in [4.78, 5) is 23.8. The van der Waals surface area contributed by atoms with Gasteiger partial charge in [0.05, 0.1) is 5.52 Å². The number of carbonyl (C=O) groups is 1. The molecular formula is C17H17N3O3. The van der Waals surface area contributed by atoms with Crippen LogP contribution in [-0.4, -0.2) is 10.6 Å². The van der Waals surface area contributed by atoms with Crippen LogP contribution in [0.25, 0.3) is 11.1 Å². The highest BCUT2D eigenvalue weighted by molar-refractivity contribution is 6.00. The summed E-state index contributed by atoms with van der Waals surface area (Å²) in [6, 6.07) is 13.9. The second kappa shape index (κ2) is 6.00. The molecule has 1 aromatic heterocycles. The predicted octanol–water partition coefficient (Wildman–Crippen LogP) is 3.82. The van der Waals surface area contributed by atoms with Crippen LogP contribution in [0.1, 0.15) is 19.9 Å². The highest BCUT2D eigenvalue weighted by Crippen LogP contribution is 2.21. The molecule has 1 heterocycles. The summed E-state index contributed by atoms with van der Waals surface area (Å²) < 4.78 is 6.81. The van der Waals surface area contributed by atoms with Gasteiger partial charge >= 0.3 is 11.8 Å². The smallest absolute Gasteiger partial charge is 0.408 e. The standard InChI is InChI=1S/C17H17N3O3/c1-11(2)20-14-9-8-13(10-15(14)23-17(20)22)19-16(21)18-12-6-4-3-5-7-12/h3-11H,1-2H3,(H2,18,19,21). The molecule has 23 heavy (non-hydrogen) atoms. The van der Waals surface area contributed by atoms with Crippen molar-refractivity contribution in [2.45, 2.75) is 19.9 Å². The zero-order valence-corrected chi connectivity index (χ0v) is 12.9. The maximum Gasteiger partial charge on any atom is 0.420 e. The number of anilines is 2. The molecule has 0 spiro atoms. The third-order valence-electron chi connectivity index (χ3n) is 3.42. The number of hydrogen-bond acceptors (Lipinski definition) is 3. The SMILES string of the molecule is CC(C)n1c(=O)oc2cc(NC(=O)Nc3ccccc3)ccc21. The zero-order chi connectivity index (χ0) is 16.4. The summed E-state index contributed by atoms with van der Waals surface area (Å²) in [7, 11) is 0. The molecule has 2 aromatic carbocycles. The second-order valence-corrected chi connectivity index (χ2v) is 5.46. The number of nitrogens with one attached hydrogen (secondary N) is 2. The summed E-state index contributed by atoms with van der Waals surface area (Å²) in [6.07, 6.45) is 0. The fraction of sp³-hybridized carbons (Fsp3) is 0.176. The Morgan fingerprint density at radius 1 is 1.04 bits per heavy atom. The summed E-state index contributed by atoms with van der Waals surface area (Å²) >= 11 is 0. The van der Waals surface area contributed by atoms with E-state index in [0.29, 0.717) is 22.5 Å². The lowest BCUT2D eigenvalue weighted by molar-refractivity contribution is 0.262. The molecule has 2 amide bonds. The first kappa shape index (κ1) is 14.9. The molecule has 0 saturated heterocycles. The van der Waals surface area contributed by atoms with Crippen LogP contribution < -0.4 is 16.4 Å². The average molecular weight is 311 g/mol. The van der Waals surface area contributed by atoms with Crippen molar-refractivity contribution in [2.24, 2.45) is 0 Å².